The highest BCUT2D eigenvalue weighted by Gasteiger charge is 2.30. The summed E-state index contributed by atoms with van der Waals surface area (Å²) in [6.07, 6.45) is -2.88. The van der Waals surface area contributed by atoms with E-state index in [2.05, 4.69) is 5.32 Å². The zero-order chi connectivity index (χ0) is 22.4. The molecular formula is C21H29F3N2O4. The molecule has 1 heterocycles. The summed E-state index contributed by atoms with van der Waals surface area (Å²) in [5.41, 5.74) is -1.27. The molecule has 1 aliphatic rings. The van der Waals surface area contributed by atoms with E-state index in [4.69, 9.17) is 9.47 Å². The first-order valence-electron chi connectivity index (χ1n) is 9.99. The molecule has 0 radical (unpaired) electrons. The van der Waals surface area contributed by atoms with Gasteiger partial charge >= 0.3 is 12.3 Å². The van der Waals surface area contributed by atoms with Crippen molar-refractivity contribution in [3.05, 3.63) is 29.8 Å². The fraction of sp³-hybridized carbons (Fsp3) is 0.619. The SMILES string of the molecule is CC(C)(C)OC(=O)N1CCC(CC(=O)NCCOc2ccc(C(F)(F)F)cc2)CC1. The summed E-state index contributed by atoms with van der Waals surface area (Å²) in [6, 6.07) is 4.42. The molecule has 168 valence electrons. The number of piperidine rings is 1. The number of benzene rings is 1. The van der Waals surface area contributed by atoms with Gasteiger partial charge in [0.15, 0.2) is 0 Å². The zero-order valence-electron chi connectivity index (χ0n) is 17.6. The fourth-order valence-electron chi connectivity index (χ4n) is 3.08. The van der Waals surface area contributed by atoms with Crippen LogP contribution in [0.4, 0.5) is 18.0 Å². The Labute approximate surface area is 174 Å². The molecule has 0 aromatic heterocycles. The number of carbonyl (C=O) groups excluding carboxylic acids is 2. The minimum Gasteiger partial charge on any atom is -0.492 e. The largest absolute Gasteiger partial charge is 0.492 e. The Morgan fingerprint density at radius 3 is 2.23 bits per heavy atom. The smallest absolute Gasteiger partial charge is 0.416 e. The standard InChI is InChI=1S/C21H29F3N2O4/c1-20(2,3)30-19(28)26-11-8-15(9-12-26)14-18(27)25-10-13-29-17-6-4-16(5-7-17)21(22,23)24/h4-7,15H,8-14H2,1-3H3,(H,25,27). The molecule has 1 saturated heterocycles. The molecule has 0 spiro atoms. The van der Waals surface area contributed by atoms with Gasteiger partial charge in [0.1, 0.15) is 18.0 Å². The Morgan fingerprint density at radius 2 is 1.70 bits per heavy atom. The van der Waals surface area contributed by atoms with E-state index < -0.39 is 17.3 Å². The number of hydrogen-bond acceptors (Lipinski definition) is 4. The fourth-order valence-corrected chi connectivity index (χ4v) is 3.08. The molecule has 0 saturated carbocycles. The van der Waals surface area contributed by atoms with Crippen molar-refractivity contribution < 1.29 is 32.2 Å². The van der Waals surface area contributed by atoms with Crippen LogP contribution in [0.5, 0.6) is 5.75 Å². The summed E-state index contributed by atoms with van der Waals surface area (Å²) in [4.78, 5) is 25.8. The van der Waals surface area contributed by atoms with Gasteiger partial charge in [0, 0.05) is 19.5 Å². The average Bonchev–Trinajstić information content (AvgIpc) is 2.64. The zero-order valence-corrected chi connectivity index (χ0v) is 17.6. The van der Waals surface area contributed by atoms with E-state index in [0.717, 1.165) is 25.0 Å². The van der Waals surface area contributed by atoms with Crippen molar-refractivity contribution in [3.8, 4) is 5.75 Å². The maximum Gasteiger partial charge on any atom is 0.416 e. The monoisotopic (exact) mass is 430 g/mol. The molecule has 1 N–H and O–H groups in total. The summed E-state index contributed by atoms with van der Waals surface area (Å²) < 4.78 is 48.3. The van der Waals surface area contributed by atoms with E-state index >= 15 is 0 Å². The first kappa shape index (κ1) is 23.8. The first-order chi connectivity index (χ1) is 13.9. The van der Waals surface area contributed by atoms with Gasteiger partial charge in [0.25, 0.3) is 0 Å². The number of alkyl halides is 3. The lowest BCUT2D eigenvalue weighted by atomic mass is 9.93. The molecule has 1 aromatic carbocycles. The molecule has 9 heteroatoms. The number of nitrogens with zero attached hydrogens (tertiary/aromatic N) is 1. The Bertz CT molecular complexity index is 706. The molecule has 1 aliphatic heterocycles. The number of carbonyl (C=O) groups is 2. The van der Waals surface area contributed by atoms with Gasteiger partial charge in [-0.3, -0.25) is 4.79 Å². The van der Waals surface area contributed by atoms with Gasteiger partial charge < -0.3 is 19.7 Å². The predicted octanol–water partition coefficient (Wildman–Crippen LogP) is 4.24. The molecule has 0 bridgehead atoms. The summed E-state index contributed by atoms with van der Waals surface area (Å²) in [5.74, 6) is 0.396. The van der Waals surface area contributed by atoms with Crippen molar-refractivity contribution in [1.29, 1.82) is 0 Å². The third-order valence-corrected chi connectivity index (χ3v) is 4.61. The van der Waals surface area contributed by atoms with Crippen LogP contribution < -0.4 is 10.1 Å². The first-order valence-corrected chi connectivity index (χ1v) is 9.99. The molecule has 0 atom stereocenters. The van der Waals surface area contributed by atoms with E-state index in [-0.39, 0.29) is 31.1 Å². The third kappa shape index (κ3) is 8.12. The highest BCUT2D eigenvalue weighted by Crippen LogP contribution is 2.30. The highest BCUT2D eigenvalue weighted by molar-refractivity contribution is 5.76. The summed E-state index contributed by atoms with van der Waals surface area (Å²) in [5, 5.41) is 2.75. The van der Waals surface area contributed by atoms with Crippen molar-refractivity contribution in [3.63, 3.8) is 0 Å². The van der Waals surface area contributed by atoms with Crippen LogP contribution in [-0.2, 0) is 15.7 Å². The second kappa shape index (κ2) is 10.0. The van der Waals surface area contributed by atoms with E-state index in [9.17, 15) is 22.8 Å². The lowest BCUT2D eigenvalue weighted by molar-refractivity contribution is -0.137. The van der Waals surface area contributed by atoms with Crippen molar-refractivity contribution in [1.82, 2.24) is 10.2 Å². The maximum atomic E-state index is 12.5. The van der Waals surface area contributed by atoms with Crippen molar-refractivity contribution >= 4 is 12.0 Å². The number of hydrogen-bond donors (Lipinski definition) is 1. The molecule has 0 aliphatic carbocycles. The molecule has 1 aromatic rings. The summed E-state index contributed by atoms with van der Waals surface area (Å²) in [6.45, 7) is 7.01. The Kier molecular flexibility index (Phi) is 7.97. The van der Waals surface area contributed by atoms with Crippen LogP contribution in [-0.4, -0.2) is 48.7 Å². The Hall–Kier alpha value is -2.45. The topological polar surface area (TPSA) is 67.9 Å². The van der Waals surface area contributed by atoms with E-state index in [1.807, 2.05) is 20.8 Å². The highest BCUT2D eigenvalue weighted by atomic mass is 19.4. The average molecular weight is 430 g/mol. The number of amides is 2. The lowest BCUT2D eigenvalue weighted by Gasteiger charge is -2.33. The van der Waals surface area contributed by atoms with E-state index in [1.165, 1.54) is 12.1 Å². The Balaban J connectivity index is 1.62. The lowest BCUT2D eigenvalue weighted by Crippen LogP contribution is -2.42. The second-order valence-corrected chi connectivity index (χ2v) is 8.34. The van der Waals surface area contributed by atoms with Crippen molar-refractivity contribution in [2.24, 2.45) is 5.92 Å². The van der Waals surface area contributed by atoms with Crippen LogP contribution in [0.3, 0.4) is 0 Å². The van der Waals surface area contributed by atoms with Crippen LogP contribution in [0.25, 0.3) is 0 Å². The molecule has 0 unspecified atom stereocenters. The molecule has 1 fully saturated rings. The number of rotatable bonds is 6. The van der Waals surface area contributed by atoms with Crippen LogP contribution in [0.2, 0.25) is 0 Å². The van der Waals surface area contributed by atoms with E-state index in [1.54, 1.807) is 4.90 Å². The normalized spacial score (nSPS) is 15.6. The van der Waals surface area contributed by atoms with Crippen LogP contribution >= 0.6 is 0 Å². The van der Waals surface area contributed by atoms with Crippen LogP contribution in [0.15, 0.2) is 24.3 Å². The van der Waals surface area contributed by atoms with Crippen molar-refractivity contribution in [2.75, 3.05) is 26.2 Å². The molecular weight excluding hydrogens is 401 g/mol. The van der Waals surface area contributed by atoms with Crippen molar-refractivity contribution in [2.45, 2.75) is 51.8 Å². The quantitative estimate of drug-likeness (QED) is 0.686. The second-order valence-electron chi connectivity index (χ2n) is 8.34. The minimum atomic E-state index is -4.38. The number of likely N-dealkylation sites (tertiary alicyclic amines) is 1. The maximum absolute atomic E-state index is 12.5. The van der Waals surface area contributed by atoms with Gasteiger partial charge in [0.05, 0.1) is 12.1 Å². The van der Waals surface area contributed by atoms with Crippen LogP contribution in [0, 0.1) is 5.92 Å². The predicted molar refractivity (Wildman–Crippen MR) is 105 cm³/mol. The summed E-state index contributed by atoms with van der Waals surface area (Å²) in [7, 11) is 0. The molecule has 2 amide bonds. The van der Waals surface area contributed by atoms with Gasteiger partial charge in [-0.1, -0.05) is 0 Å². The van der Waals surface area contributed by atoms with Gasteiger partial charge in [-0.25, -0.2) is 4.79 Å². The molecule has 30 heavy (non-hydrogen) atoms. The molecule has 2 rings (SSSR count). The third-order valence-electron chi connectivity index (χ3n) is 4.61. The number of halogens is 3. The van der Waals surface area contributed by atoms with Crippen LogP contribution in [0.1, 0.15) is 45.6 Å². The summed E-state index contributed by atoms with van der Waals surface area (Å²) >= 11 is 0. The molecule has 6 nitrogen and oxygen atoms in total. The van der Waals surface area contributed by atoms with E-state index in [0.29, 0.717) is 25.3 Å². The van der Waals surface area contributed by atoms with Gasteiger partial charge in [-0.05, 0) is 63.8 Å². The Morgan fingerprint density at radius 1 is 1.10 bits per heavy atom. The van der Waals surface area contributed by atoms with Gasteiger partial charge in [-0.15, -0.1) is 0 Å². The number of ether oxygens (including phenoxy) is 2. The number of nitrogens with one attached hydrogen (secondary N) is 1. The van der Waals surface area contributed by atoms with Gasteiger partial charge in [-0.2, -0.15) is 13.2 Å². The van der Waals surface area contributed by atoms with Gasteiger partial charge in [0.2, 0.25) is 5.91 Å². The minimum absolute atomic E-state index is 0.110.